The molecule has 1 atom stereocenters. The molecule has 0 rings (SSSR count). The highest BCUT2D eigenvalue weighted by Gasteiger charge is 1.88. The molecular weight excluding hydrogens is 98.1 g/mol. The van der Waals surface area contributed by atoms with Crippen LogP contribution < -0.4 is 5.32 Å². The van der Waals surface area contributed by atoms with E-state index >= 15 is 0 Å². The molecule has 0 radical (unpaired) electrons. The fourth-order valence-corrected chi connectivity index (χ4v) is 0.319. The summed E-state index contributed by atoms with van der Waals surface area (Å²) >= 11 is 0. The summed E-state index contributed by atoms with van der Waals surface area (Å²) in [6.07, 6.45) is 2.88. The van der Waals surface area contributed by atoms with Crippen molar-refractivity contribution in [3.05, 3.63) is 18.5 Å². The number of hydrogen-bond donors (Lipinski definition) is 1. The van der Waals surface area contributed by atoms with Gasteiger partial charge in [-0.2, -0.15) is 0 Å². The normalized spacial score (nSPS) is 11.8. The van der Waals surface area contributed by atoms with Crippen molar-refractivity contribution in [2.24, 2.45) is 0 Å². The summed E-state index contributed by atoms with van der Waals surface area (Å²) in [6, 6.07) is 0.546. The Morgan fingerprint density at radius 3 is 2.88 bits per heavy atom. The van der Waals surface area contributed by atoms with Crippen molar-refractivity contribution in [2.75, 3.05) is 0 Å². The first-order chi connectivity index (χ1) is 3.81. The van der Waals surface area contributed by atoms with E-state index in [9.17, 15) is 0 Å². The molecule has 0 amide bonds. The van der Waals surface area contributed by atoms with Crippen LogP contribution in [0.15, 0.2) is 18.5 Å². The highest BCUT2D eigenvalue weighted by molar-refractivity contribution is 4.75. The molecule has 0 bridgehead atoms. The lowest BCUT2D eigenvalue weighted by molar-refractivity contribution is 0.619. The van der Waals surface area contributed by atoms with Gasteiger partial charge in [-0.1, -0.05) is 13.5 Å². The van der Waals surface area contributed by atoms with E-state index in [0.717, 1.165) is 6.42 Å². The Bertz CT molecular complexity index is 90.6. The average Bonchev–Trinajstić information content (AvgIpc) is 1.83. The standard InChI is InChI=1S/C7H13N/c1-4-6-8-7(3)5-2/h6-8H,1,5H2,2-3H3/t7-/m0/s1. The van der Waals surface area contributed by atoms with Crippen LogP contribution >= 0.6 is 0 Å². The summed E-state index contributed by atoms with van der Waals surface area (Å²) in [6.45, 7) is 7.68. The molecule has 0 aliphatic heterocycles. The lowest BCUT2D eigenvalue weighted by atomic mass is 10.3. The summed E-state index contributed by atoms with van der Waals surface area (Å²) in [4.78, 5) is 0. The fourth-order valence-electron chi connectivity index (χ4n) is 0.319. The Morgan fingerprint density at radius 1 is 1.88 bits per heavy atom. The maximum absolute atomic E-state index is 3.42. The first-order valence-corrected chi connectivity index (χ1v) is 2.91. The summed E-state index contributed by atoms with van der Waals surface area (Å²) in [7, 11) is 0. The van der Waals surface area contributed by atoms with Crippen molar-refractivity contribution in [2.45, 2.75) is 26.3 Å². The zero-order valence-electron chi connectivity index (χ0n) is 5.57. The predicted octanol–water partition coefficient (Wildman–Crippen LogP) is 1.67. The molecule has 0 aliphatic rings. The predicted molar refractivity (Wildman–Crippen MR) is 36.6 cm³/mol. The minimum Gasteiger partial charge on any atom is -0.382 e. The number of rotatable bonds is 3. The quantitative estimate of drug-likeness (QED) is 0.546. The van der Waals surface area contributed by atoms with Crippen LogP contribution in [0.1, 0.15) is 20.3 Å². The highest BCUT2D eigenvalue weighted by atomic mass is 14.9. The van der Waals surface area contributed by atoms with Crippen LogP contribution in [0.4, 0.5) is 0 Å². The van der Waals surface area contributed by atoms with Crippen LogP contribution in [-0.2, 0) is 0 Å². The molecule has 0 unspecified atom stereocenters. The lowest BCUT2D eigenvalue weighted by Crippen LogP contribution is -2.18. The number of hydrogen-bond acceptors (Lipinski definition) is 1. The molecule has 1 nitrogen and oxygen atoms in total. The van der Waals surface area contributed by atoms with Crippen molar-refractivity contribution in [3.8, 4) is 0 Å². The largest absolute Gasteiger partial charge is 0.382 e. The Balaban J connectivity index is 3.23. The minimum absolute atomic E-state index is 0.546. The second kappa shape index (κ2) is 4.48. The van der Waals surface area contributed by atoms with Gasteiger partial charge in [0.2, 0.25) is 0 Å². The van der Waals surface area contributed by atoms with E-state index in [1.54, 1.807) is 6.20 Å². The smallest absolute Gasteiger partial charge is 0.0393 e. The second-order valence-electron chi connectivity index (χ2n) is 1.82. The third kappa shape index (κ3) is 3.51. The number of nitrogens with one attached hydrogen (secondary N) is 1. The van der Waals surface area contributed by atoms with E-state index in [2.05, 4.69) is 31.5 Å². The molecule has 0 aromatic carbocycles. The van der Waals surface area contributed by atoms with Gasteiger partial charge < -0.3 is 5.32 Å². The molecule has 0 aromatic rings. The van der Waals surface area contributed by atoms with Gasteiger partial charge in [-0.25, -0.2) is 0 Å². The molecule has 0 saturated carbocycles. The van der Waals surface area contributed by atoms with E-state index in [1.807, 2.05) is 0 Å². The molecule has 0 aliphatic carbocycles. The van der Waals surface area contributed by atoms with Gasteiger partial charge in [-0.3, -0.25) is 0 Å². The minimum atomic E-state index is 0.546. The Labute approximate surface area is 51.1 Å². The van der Waals surface area contributed by atoms with Crippen molar-refractivity contribution < 1.29 is 0 Å². The molecular formula is C7H13N. The first-order valence-electron chi connectivity index (χ1n) is 2.91. The van der Waals surface area contributed by atoms with E-state index < -0.39 is 0 Å². The molecule has 0 spiro atoms. The Hall–Kier alpha value is -0.680. The molecule has 8 heavy (non-hydrogen) atoms. The zero-order valence-corrected chi connectivity index (χ0v) is 5.57. The maximum atomic E-state index is 3.42. The monoisotopic (exact) mass is 111 g/mol. The van der Waals surface area contributed by atoms with Crippen molar-refractivity contribution in [1.29, 1.82) is 0 Å². The van der Waals surface area contributed by atoms with Crippen LogP contribution in [0.3, 0.4) is 0 Å². The fraction of sp³-hybridized carbons (Fsp3) is 0.571. The SMILES string of the molecule is C=C=CN[C@@H](C)CC. The van der Waals surface area contributed by atoms with Crippen LogP contribution in [-0.4, -0.2) is 6.04 Å². The average molecular weight is 111 g/mol. The molecule has 0 aromatic heterocycles. The van der Waals surface area contributed by atoms with Gasteiger partial charge in [-0.15, -0.1) is 5.73 Å². The third-order valence-electron chi connectivity index (χ3n) is 1.08. The maximum Gasteiger partial charge on any atom is 0.0393 e. The molecule has 46 valence electrons. The van der Waals surface area contributed by atoms with Gasteiger partial charge in [0, 0.05) is 12.2 Å². The lowest BCUT2D eigenvalue weighted by Gasteiger charge is -2.05. The summed E-state index contributed by atoms with van der Waals surface area (Å²) < 4.78 is 0. The van der Waals surface area contributed by atoms with E-state index in [-0.39, 0.29) is 0 Å². The van der Waals surface area contributed by atoms with Crippen LogP contribution in [0.2, 0.25) is 0 Å². The first kappa shape index (κ1) is 7.32. The van der Waals surface area contributed by atoms with Crippen molar-refractivity contribution in [1.82, 2.24) is 5.32 Å². The van der Waals surface area contributed by atoms with Crippen LogP contribution in [0.5, 0.6) is 0 Å². The van der Waals surface area contributed by atoms with Crippen molar-refractivity contribution >= 4 is 0 Å². The molecule has 0 fully saturated rings. The van der Waals surface area contributed by atoms with Crippen molar-refractivity contribution in [3.63, 3.8) is 0 Å². The van der Waals surface area contributed by atoms with Gasteiger partial charge in [-0.05, 0) is 13.3 Å². The van der Waals surface area contributed by atoms with Gasteiger partial charge in [0.05, 0.1) is 0 Å². The van der Waals surface area contributed by atoms with Gasteiger partial charge in [0.25, 0.3) is 0 Å². The summed E-state index contributed by atoms with van der Waals surface area (Å²) in [5.74, 6) is 0. The summed E-state index contributed by atoms with van der Waals surface area (Å²) in [5, 5.41) is 3.08. The van der Waals surface area contributed by atoms with E-state index in [4.69, 9.17) is 0 Å². The van der Waals surface area contributed by atoms with E-state index in [0.29, 0.717) is 6.04 Å². The van der Waals surface area contributed by atoms with Gasteiger partial charge in [0.1, 0.15) is 0 Å². The highest BCUT2D eigenvalue weighted by Crippen LogP contribution is 1.85. The van der Waals surface area contributed by atoms with Crippen LogP contribution in [0, 0.1) is 0 Å². The van der Waals surface area contributed by atoms with Gasteiger partial charge >= 0.3 is 0 Å². The molecule has 0 saturated heterocycles. The topological polar surface area (TPSA) is 12.0 Å². The zero-order chi connectivity index (χ0) is 6.41. The molecule has 0 heterocycles. The third-order valence-corrected chi connectivity index (χ3v) is 1.08. The van der Waals surface area contributed by atoms with E-state index in [1.165, 1.54) is 0 Å². The van der Waals surface area contributed by atoms with Gasteiger partial charge in [0.15, 0.2) is 0 Å². The Kier molecular flexibility index (Phi) is 4.10. The van der Waals surface area contributed by atoms with Crippen LogP contribution in [0.25, 0.3) is 0 Å². The molecule has 1 N–H and O–H groups in total. The summed E-state index contributed by atoms with van der Waals surface area (Å²) in [5.41, 5.74) is 2.65. The Morgan fingerprint density at radius 2 is 2.50 bits per heavy atom. The second-order valence-corrected chi connectivity index (χ2v) is 1.82. The molecule has 1 heteroatoms.